The third kappa shape index (κ3) is 4.43. The minimum Gasteiger partial charge on any atom is -0.368 e. The van der Waals surface area contributed by atoms with Crippen LogP contribution < -0.4 is 15.1 Å². The third-order valence-electron chi connectivity index (χ3n) is 4.67. The lowest BCUT2D eigenvalue weighted by Gasteiger charge is -2.36. The molecule has 0 unspecified atom stereocenters. The number of carbonyl (C=O) groups excluding carboxylic acids is 1. The van der Waals surface area contributed by atoms with Crippen LogP contribution in [0, 0.1) is 0 Å². The Bertz CT molecular complexity index is 923. The fourth-order valence-corrected chi connectivity index (χ4v) is 4.08. The maximum absolute atomic E-state index is 12.4. The van der Waals surface area contributed by atoms with Crippen LogP contribution in [0.2, 0.25) is 5.02 Å². The van der Waals surface area contributed by atoms with Gasteiger partial charge in [0.15, 0.2) is 5.13 Å². The normalized spacial score (nSPS) is 14.2. The van der Waals surface area contributed by atoms with E-state index in [0.717, 1.165) is 41.9 Å². The lowest BCUT2D eigenvalue weighted by Crippen LogP contribution is -2.46. The summed E-state index contributed by atoms with van der Waals surface area (Å²) >= 11 is 7.48. The Morgan fingerprint density at radius 2 is 1.71 bits per heavy atom. The molecule has 1 saturated heterocycles. The van der Waals surface area contributed by atoms with Gasteiger partial charge in [-0.3, -0.25) is 9.78 Å². The Morgan fingerprint density at radius 1 is 1.04 bits per heavy atom. The van der Waals surface area contributed by atoms with Crippen LogP contribution in [0.4, 0.5) is 10.8 Å². The highest BCUT2D eigenvalue weighted by Crippen LogP contribution is 2.24. The van der Waals surface area contributed by atoms with Crippen LogP contribution in [0.25, 0.3) is 0 Å². The summed E-state index contributed by atoms with van der Waals surface area (Å²) in [5, 5.41) is 6.37. The SMILES string of the molecule is O=C(NCc1ccncc1)c1csc(N2CCN(c3ccc(Cl)cc3)CC2)n1. The summed E-state index contributed by atoms with van der Waals surface area (Å²) < 4.78 is 0. The van der Waals surface area contributed by atoms with Gasteiger partial charge in [0.1, 0.15) is 5.69 Å². The number of piperazine rings is 1. The summed E-state index contributed by atoms with van der Waals surface area (Å²) in [5.74, 6) is -0.154. The average Bonchev–Trinajstić information content (AvgIpc) is 3.24. The number of nitrogens with zero attached hydrogens (tertiary/aromatic N) is 4. The Hall–Kier alpha value is -2.64. The predicted octanol–water partition coefficient (Wildman–Crippen LogP) is 3.45. The summed E-state index contributed by atoms with van der Waals surface area (Å²) in [7, 11) is 0. The number of rotatable bonds is 5. The molecule has 0 aliphatic carbocycles. The van der Waals surface area contributed by atoms with Gasteiger partial charge in [-0.1, -0.05) is 11.6 Å². The Kier molecular flexibility index (Phi) is 5.73. The molecule has 0 spiro atoms. The number of carbonyl (C=O) groups is 1. The molecule has 3 heterocycles. The van der Waals surface area contributed by atoms with E-state index in [1.165, 1.54) is 17.0 Å². The number of thiazole rings is 1. The summed E-state index contributed by atoms with van der Waals surface area (Å²) in [6.45, 7) is 4.02. The van der Waals surface area contributed by atoms with Crippen molar-refractivity contribution in [2.24, 2.45) is 0 Å². The first-order valence-corrected chi connectivity index (χ1v) is 10.3. The van der Waals surface area contributed by atoms with Gasteiger partial charge in [0.25, 0.3) is 5.91 Å². The van der Waals surface area contributed by atoms with Crippen molar-refractivity contribution in [1.82, 2.24) is 15.3 Å². The zero-order valence-electron chi connectivity index (χ0n) is 15.2. The largest absolute Gasteiger partial charge is 0.368 e. The van der Waals surface area contributed by atoms with Gasteiger partial charge in [-0.2, -0.15) is 0 Å². The molecule has 0 saturated carbocycles. The fraction of sp³-hybridized carbons (Fsp3) is 0.250. The van der Waals surface area contributed by atoms with E-state index >= 15 is 0 Å². The van der Waals surface area contributed by atoms with Crippen LogP contribution in [0.5, 0.6) is 0 Å². The molecule has 144 valence electrons. The highest BCUT2D eigenvalue weighted by molar-refractivity contribution is 7.13. The van der Waals surface area contributed by atoms with Gasteiger partial charge < -0.3 is 15.1 Å². The van der Waals surface area contributed by atoms with Gasteiger partial charge in [0.05, 0.1) is 0 Å². The number of anilines is 2. The molecule has 0 bridgehead atoms. The number of halogens is 1. The van der Waals surface area contributed by atoms with Crippen LogP contribution in [-0.4, -0.2) is 42.1 Å². The monoisotopic (exact) mass is 413 g/mol. The standard InChI is InChI=1S/C20H20ClN5OS/c21-16-1-3-17(4-2-16)25-9-11-26(12-10-25)20-24-18(14-28-20)19(27)23-13-15-5-7-22-8-6-15/h1-8,14H,9-13H2,(H,23,27). The second-order valence-corrected chi connectivity index (χ2v) is 7.78. The van der Waals surface area contributed by atoms with Gasteiger partial charge in [-0.15, -0.1) is 11.3 Å². The van der Waals surface area contributed by atoms with Crippen molar-refractivity contribution >= 4 is 39.7 Å². The average molecular weight is 414 g/mol. The number of amides is 1. The van der Waals surface area contributed by atoms with E-state index in [4.69, 9.17) is 11.6 Å². The highest BCUT2D eigenvalue weighted by Gasteiger charge is 2.21. The van der Waals surface area contributed by atoms with E-state index in [1.807, 2.05) is 41.8 Å². The first-order chi connectivity index (χ1) is 13.7. The maximum Gasteiger partial charge on any atom is 0.271 e. The molecule has 1 aromatic carbocycles. The quantitative estimate of drug-likeness (QED) is 0.694. The fourth-order valence-electron chi connectivity index (χ4n) is 3.10. The number of nitrogens with one attached hydrogen (secondary N) is 1. The van der Waals surface area contributed by atoms with E-state index in [1.54, 1.807) is 12.4 Å². The first-order valence-electron chi connectivity index (χ1n) is 9.07. The van der Waals surface area contributed by atoms with Gasteiger partial charge in [0, 0.05) is 61.2 Å². The molecular formula is C20H20ClN5OS. The number of hydrogen-bond donors (Lipinski definition) is 1. The van der Waals surface area contributed by atoms with Gasteiger partial charge >= 0.3 is 0 Å². The second-order valence-electron chi connectivity index (χ2n) is 6.50. The molecule has 1 fully saturated rings. The van der Waals surface area contributed by atoms with Crippen molar-refractivity contribution in [3.8, 4) is 0 Å². The van der Waals surface area contributed by atoms with Crippen molar-refractivity contribution in [2.75, 3.05) is 36.0 Å². The summed E-state index contributed by atoms with van der Waals surface area (Å²) in [6, 6.07) is 11.7. The van der Waals surface area contributed by atoms with Crippen LogP contribution in [0.3, 0.4) is 0 Å². The van der Waals surface area contributed by atoms with Crippen LogP contribution in [-0.2, 0) is 6.54 Å². The van der Waals surface area contributed by atoms with E-state index < -0.39 is 0 Å². The van der Waals surface area contributed by atoms with E-state index in [0.29, 0.717) is 12.2 Å². The van der Waals surface area contributed by atoms with Crippen molar-refractivity contribution in [1.29, 1.82) is 0 Å². The smallest absolute Gasteiger partial charge is 0.271 e. The molecule has 1 aliphatic heterocycles. The second kappa shape index (κ2) is 8.58. The molecule has 2 aromatic heterocycles. The number of benzene rings is 1. The van der Waals surface area contributed by atoms with Crippen molar-refractivity contribution in [3.05, 3.63) is 70.5 Å². The molecule has 3 aromatic rings. The summed E-state index contributed by atoms with van der Waals surface area (Å²) in [5.41, 5.74) is 2.66. The van der Waals surface area contributed by atoms with Gasteiger partial charge in [-0.25, -0.2) is 4.98 Å². The minimum atomic E-state index is -0.154. The van der Waals surface area contributed by atoms with Crippen LogP contribution in [0.1, 0.15) is 16.1 Å². The molecule has 1 aliphatic rings. The van der Waals surface area contributed by atoms with E-state index in [9.17, 15) is 4.79 Å². The number of hydrogen-bond acceptors (Lipinski definition) is 6. The van der Waals surface area contributed by atoms with E-state index in [-0.39, 0.29) is 5.91 Å². The summed E-state index contributed by atoms with van der Waals surface area (Å²) in [4.78, 5) is 25.4. The van der Waals surface area contributed by atoms with Crippen molar-refractivity contribution in [3.63, 3.8) is 0 Å². The van der Waals surface area contributed by atoms with Crippen molar-refractivity contribution in [2.45, 2.75) is 6.54 Å². The highest BCUT2D eigenvalue weighted by atomic mass is 35.5. The molecule has 28 heavy (non-hydrogen) atoms. The van der Waals surface area contributed by atoms with Crippen molar-refractivity contribution < 1.29 is 4.79 Å². The topological polar surface area (TPSA) is 61.4 Å². The zero-order chi connectivity index (χ0) is 19.3. The Morgan fingerprint density at radius 3 is 2.43 bits per heavy atom. The first kappa shape index (κ1) is 18.7. The van der Waals surface area contributed by atoms with Gasteiger partial charge in [-0.05, 0) is 42.0 Å². The van der Waals surface area contributed by atoms with Crippen LogP contribution >= 0.6 is 22.9 Å². The lowest BCUT2D eigenvalue weighted by atomic mass is 10.2. The molecule has 1 amide bonds. The third-order valence-corrected chi connectivity index (χ3v) is 5.82. The molecular weight excluding hydrogens is 394 g/mol. The molecule has 1 N–H and O–H groups in total. The molecule has 0 atom stereocenters. The summed E-state index contributed by atoms with van der Waals surface area (Å²) in [6.07, 6.45) is 3.43. The molecule has 4 rings (SSSR count). The molecule has 0 radical (unpaired) electrons. The predicted molar refractivity (Wildman–Crippen MR) is 113 cm³/mol. The zero-order valence-corrected chi connectivity index (χ0v) is 16.8. The minimum absolute atomic E-state index is 0.154. The van der Waals surface area contributed by atoms with E-state index in [2.05, 4.69) is 25.1 Å². The lowest BCUT2D eigenvalue weighted by molar-refractivity contribution is 0.0946. The van der Waals surface area contributed by atoms with Crippen LogP contribution in [0.15, 0.2) is 54.2 Å². The maximum atomic E-state index is 12.4. The number of aromatic nitrogens is 2. The Labute approximate surface area is 172 Å². The number of pyridine rings is 1. The van der Waals surface area contributed by atoms with Gasteiger partial charge in [0.2, 0.25) is 0 Å². The Balaban J connectivity index is 1.32. The molecule has 6 nitrogen and oxygen atoms in total. The molecule has 8 heteroatoms.